The van der Waals surface area contributed by atoms with E-state index in [1.54, 1.807) is 4.90 Å². The van der Waals surface area contributed by atoms with Crippen molar-refractivity contribution < 1.29 is 23.9 Å². The summed E-state index contributed by atoms with van der Waals surface area (Å²) in [6, 6.07) is 15.9. The minimum Gasteiger partial charge on any atom is -0.489 e. The predicted octanol–water partition coefficient (Wildman–Crippen LogP) is 4.93. The molecule has 44 heavy (non-hydrogen) atoms. The first-order chi connectivity index (χ1) is 21.2. The van der Waals surface area contributed by atoms with Crippen molar-refractivity contribution in [2.24, 2.45) is 5.92 Å². The fourth-order valence-electron chi connectivity index (χ4n) is 5.97. The summed E-state index contributed by atoms with van der Waals surface area (Å²) >= 11 is 0. The van der Waals surface area contributed by atoms with Crippen LogP contribution < -0.4 is 15.4 Å². The number of amides is 4. The maximum absolute atomic E-state index is 13.9. The number of nitrogens with one attached hydrogen (secondary N) is 2. The van der Waals surface area contributed by atoms with Gasteiger partial charge in [-0.15, -0.1) is 0 Å². The second-order valence-electron chi connectivity index (χ2n) is 12.7. The number of urea groups is 1. The van der Waals surface area contributed by atoms with E-state index < -0.39 is 12.1 Å². The lowest BCUT2D eigenvalue weighted by Gasteiger charge is -2.37. The second-order valence-corrected chi connectivity index (χ2v) is 12.7. The first kappa shape index (κ1) is 33.3. The average Bonchev–Trinajstić information content (AvgIpc) is 3.29. The Bertz CT molecular complexity index is 1190. The average molecular weight is 607 g/mol. The van der Waals surface area contributed by atoms with Gasteiger partial charge < -0.3 is 29.9 Å². The molecule has 2 fully saturated rings. The minimum atomic E-state index is -0.791. The van der Waals surface area contributed by atoms with Gasteiger partial charge in [0.1, 0.15) is 24.4 Å². The van der Waals surface area contributed by atoms with Crippen LogP contribution in [-0.2, 0) is 27.4 Å². The van der Waals surface area contributed by atoms with Crippen molar-refractivity contribution in [1.29, 1.82) is 0 Å². The van der Waals surface area contributed by atoms with E-state index in [0.717, 1.165) is 42.6 Å². The maximum atomic E-state index is 13.9. The summed E-state index contributed by atoms with van der Waals surface area (Å²) in [4.78, 5) is 44.5. The van der Waals surface area contributed by atoms with Gasteiger partial charge in [0.05, 0.1) is 12.2 Å². The number of carbonyl (C=O) groups is 3. The number of nitrogens with zero attached hydrogens (tertiary/aromatic N) is 2. The summed E-state index contributed by atoms with van der Waals surface area (Å²) in [7, 11) is 0. The van der Waals surface area contributed by atoms with Crippen molar-refractivity contribution in [2.75, 3.05) is 26.2 Å². The number of ether oxygens (including phenoxy) is 2. The zero-order valence-electron chi connectivity index (χ0n) is 26.8. The summed E-state index contributed by atoms with van der Waals surface area (Å²) in [5.41, 5.74) is 1.98. The zero-order valence-corrected chi connectivity index (χ0v) is 26.8. The third-order valence-electron chi connectivity index (χ3n) is 8.17. The Hall–Kier alpha value is -3.59. The molecule has 4 amide bonds. The molecule has 0 saturated carbocycles. The molecule has 240 valence electrons. The van der Waals surface area contributed by atoms with E-state index in [1.165, 1.54) is 0 Å². The van der Waals surface area contributed by atoms with Crippen molar-refractivity contribution in [2.45, 2.75) is 97.1 Å². The molecule has 4 rings (SSSR count). The van der Waals surface area contributed by atoms with Crippen LogP contribution in [0.15, 0.2) is 54.6 Å². The zero-order chi connectivity index (χ0) is 31.5. The lowest BCUT2D eigenvalue weighted by atomic mass is 10.0. The Balaban J connectivity index is 1.47. The Morgan fingerprint density at radius 3 is 2.07 bits per heavy atom. The van der Waals surface area contributed by atoms with Crippen LogP contribution in [0.25, 0.3) is 0 Å². The van der Waals surface area contributed by atoms with E-state index in [2.05, 4.69) is 10.6 Å². The molecular formula is C35H50N4O5. The largest absolute Gasteiger partial charge is 0.489 e. The fraction of sp³-hybridized carbons (Fsp3) is 0.571. The molecule has 0 aliphatic carbocycles. The molecule has 2 saturated heterocycles. The van der Waals surface area contributed by atoms with E-state index in [-0.39, 0.29) is 36.0 Å². The molecule has 4 atom stereocenters. The van der Waals surface area contributed by atoms with Gasteiger partial charge in [0.15, 0.2) is 0 Å². The first-order valence-corrected chi connectivity index (χ1v) is 16.2. The lowest BCUT2D eigenvalue weighted by Crippen LogP contribution is -2.59. The smallest absolute Gasteiger partial charge is 0.318 e. The molecule has 9 nitrogen and oxygen atoms in total. The number of carbonyl (C=O) groups excluding carboxylic acids is 3. The Morgan fingerprint density at radius 2 is 1.45 bits per heavy atom. The van der Waals surface area contributed by atoms with Crippen molar-refractivity contribution in [3.8, 4) is 5.75 Å². The summed E-state index contributed by atoms with van der Waals surface area (Å²) < 4.78 is 11.8. The van der Waals surface area contributed by atoms with Crippen LogP contribution in [0.3, 0.4) is 0 Å². The van der Waals surface area contributed by atoms with Gasteiger partial charge in [0.2, 0.25) is 11.8 Å². The monoisotopic (exact) mass is 606 g/mol. The number of likely N-dealkylation sites (tertiary alicyclic amines) is 1. The highest BCUT2D eigenvalue weighted by molar-refractivity contribution is 5.92. The number of morpholine rings is 1. The Labute approximate surface area is 262 Å². The predicted molar refractivity (Wildman–Crippen MR) is 171 cm³/mol. The molecule has 2 N–H and O–H groups in total. The molecule has 2 unspecified atom stereocenters. The van der Waals surface area contributed by atoms with Gasteiger partial charge in [-0.25, -0.2) is 4.79 Å². The second kappa shape index (κ2) is 16.5. The van der Waals surface area contributed by atoms with Crippen LogP contribution in [-0.4, -0.2) is 78.1 Å². The molecule has 0 bridgehead atoms. The van der Waals surface area contributed by atoms with Crippen LogP contribution in [0.1, 0.15) is 70.9 Å². The Kier molecular flexibility index (Phi) is 12.5. The van der Waals surface area contributed by atoms with E-state index in [0.29, 0.717) is 45.6 Å². The number of benzene rings is 2. The van der Waals surface area contributed by atoms with Crippen LogP contribution in [0.4, 0.5) is 4.79 Å². The molecular weight excluding hydrogens is 556 g/mol. The quantitative estimate of drug-likeness (QED) is 0.378. The van der Waals surface area contributed by atoms with Gasteiger partial charge in [0, 0.05) is 32.6 Å². The van der Waals surface area contributed by atoms with Gasteiger partial charge in [-0.05, 0) is 62.3 Å². The van der Waals surface area contributed by atoms with E-state index >= 15 is 0 Å². The minimum absolute atomic E-state index is 0.0956. The normalized spacial score (nSPS) is 20.4. The molecule has 0 aromatic heterocycles. The summed E-state index contributed by atoms with van der Waals surface area (Å²) in [6.07, 6.45) is 4.77. The van der Waals surface area contributed by atoms with Gasteiger partial charge in [-0.2, -0.15) is 0 Å². The van der Waals surface area contributed by atoms with E-state index in [4.69, 9.17) is 9.47 Å². The molecule has 0 radical (unpaired) electrons. The third kappa shape index (κ3) is 10.3. The fourth-order valence-corrected chi connectivity index (χ4v) is 5.97. The molecule has 9 heteroatoms. The number of rotatable bonds is 11. The molecule has 2 aliphatic rings. The topological polar surface area (TPSA) is 100 Å². The Morgan fingerprint density at radius 1 is 0.818 bits per heavy atom. The highest BCUT2D eigenvalue weighted by atomic mass is 16.5. The standard InChI is InChI=1S/C35H50N4O5/c1-25(2)20-31(37-35(42)38-18-10-5-6-11-19-38)33(40)36-32(34(41)39-22-26(3)44-27(4)23-39)21-28-14-16-30(17-15-28)43-24-29-12-8-7-9-13-29/h7-9,12-17,25-27,31-32H,5-6,10-11,18-24H2,1-4H3,(H,36,40)(H,37,42)/t26-,27-,31?,32?/m0/s1. The SMILES string of the molecule is CC(C)CC(NC(=O)N1CCCCCC1)C(=O)NC(Cc1ccc(OCc2ccccc2)cc1)C(=O)N1C[C@H](C)O[C@@H](C)C1. The molecule has 2 aliphatic heterocycles. The molecule has 0 spiro atoms. The highest BCUT2D eigenvalue weighted by Crippen LogP contribution is 2.18. The highest BCUT2D eigenvalue weighted by Gasteiger charge is 2.34. The van der Waals surface area contributed by atoms with Crippen LogP contribution in [0.2, 0.25) is 0 Å². The van der Waals surface area contributed by atoms with E-state index in [9.17, 15) is 14.4 Å². The third-order valence-corrected chi connectivity index (χ3v) is 8.17. The van der Waals surface area contributed by atoms with Crippen LogP contribution >= 0.6 is 0 Å². The lowest BCUT2D eigenvalue weighted by molar-refractivity contribution is -0.147. The van der Waals surface area contributed by atoms with Gasteiger partial charge in [-0.3, -0.25) is 9.59 Å². The van der Waals surface area contributed by atoms with Gasteiger partial charge >= 0.3 is 6.03 Å². The van der Waals surface area contributed by atoms with Crippen LogP contribution in [0.5, 0.6) is 5.75 Å². The van der Waals surface area contributed by atoms with Crippen molar-refractivity contribution in [3.05, 3.63) is 65.7 Å². The first-order valence-electron chi connectivity index (χ1n) is 16.2. The van der Waals surface area contributed by atoms with E-state index in [1.807, 2.05) is 87.2 Å². The maximum Gasteiger partial charge on any atom is 0.318 e. The number of hydrogen-bond acceptors (Lipinski definition) is 5. The van der Waals surface area contributed by atoms with Crippen molar-refractivity contribution >= 4 is 17.8 Å². The summed E-state index contributed by atoms with van der Waals surface area (Å²) in [5.74, 6) is 0.423. The van der Waals surface area contributed by atoms with Gasteiger partial charge in [-0.1, -0.05) is 69.2 Å². The molecule has 2 aromatic rings. The van der Waals surface area contributed by atoms with Crippen LogP contribution in [0, 0.1) is 5.92 Å². The summed E-state index contributed by atoms with van der Waals surface area (Å²) in [6.45, 7) is 10.7. The molecule has 2 aromatic carbocycles. The van der Waals surface area contributed by atoms with Crippen molar-refractivity contribution in [1.82, 2.24) is 20.4 Å². The number of hydrogen-bond donors (Lipinski definition) is 2. The molecule has 2 heterocycles. The van der Waals surface area contributed by atoms with Crippen molar-refractivity contribution in [3.63, 3.8) is 0 Å². The summed E-state index contributed by atoms with van der Waals surface area (Å²) in [5, 5.41) is 6.04. The van der Waals surface area contributed by atoms with Gasteiger partial charge in [0.25, 0.3) is 0 Å².